The van der Waals surface area contributed by atoms with Crippen molar-refractivity contribution in [3.63, 3.8) is 0 Å². The maximum Gasteiger partial charge on any atom is 0.262 e. The predicted molar refractivity (Wildman–Crippen MR) is 141 cm³/mol. The molecule has 0 unspecified atom stereocenters. The van der Waals surface area contributed by atoms with Crippen LogP contribution in [0.15, 0.2) is 77.9 Å². The van der Waals surface area contributed by atoms with Crippen molar-refractivity contribution in [1.82, 2.24) is 5.43 Å². The molecule has 0 bridgehead atoms. The number of sulfonamides is 1. The van der Waals surface area contributed by atoms with E-state index in [4.69, 9.17) is 16.3 Å². The van der Waals surface area contributed by atoms with E-state index >= 15 is 0 Å². The van der Waals surface area contributed by atoms with Crippen LogP contribution in [0.1, 0.15) is 11.1 Å². The molecule has 3 aromatic carbocycles. The lowest BCUT2D eigenvalue weighted by Crippen LogP contribution is -2.39. The summed E-state index contributed by atoms with van der Waals surface area (Å²) in [6.45, 7) is 1.18. The first kappa shape index (κ1) is 26.7. The number of amides is 2. The van der Waals surface area contributed by atoms with Gasteiger partial charge in [0.15, 0.2) is 6.61 Å². The molecule has 0 spiro atoms. The van der Waals surface area contributed by atoms with E-state index in [1.807, 2.05) is 18.2 Å². The second kappa shape index (κ2) is 12.2. The number of anilines is 2. The summed E-state index contributed by atoms with van der Waals surface area (Å²) >= 11 is 6.10. The number of hydrogen-bond donors (Lipinski definition) is 2. The van der Waals surface area contributed by atoms with Crippen LogP contribution in [0.5, 0.6) is 5.75 Å². The van der Waals surface area contributed by atoms with Gasteiger partial charge >= 0.3 is 0 Å². The first-order chi connectivity index (χ1) is 17.1. The fourth-order valence-corrected chi connectivity index (χ4v) is 4.02. The average Bonchev–Trinajstić information content (AvgIpc) is 2.84. The molecular formula is C25H25ClN4O5S. The van der Waals surface area contributed by atoms with E-state index in [1.165, 1.54) is 12.3 Å². The van der Waals surface area contributed by atoms with Crippen LogP contribution in [0, 0.1) is 6.92 Å². The molecule has 3 rings (SSSR count). The first-order valence-electron chi connectivity index (χ1n) is 10.8. The van der Waals surface area contributed by atoms with Crippen molar-refractivity contribution in [3.05, 3.63) is 88.9 Å². The van der Waals surface area contributed by atoms with Crippen molar-refractivity contribution >= 4 is 51.0 Å². The van der Waals surface area contributed by atoms with Crippen molar-refractivity contribution in [2.45, 2.75) is 6.92 Å². The lowest BCUT2D eigenvalue weighted by molar-refractivity contribution is -0.119. The van der Waals surface area contributed by atoms with E-state index in [0.29, 0.717) is 22.0 Å². The molecule has 0 heterocycles. The van der Waals surface area contributed by atoms with Gasteiger partial charge in [0.25, 0.3) is 11.8 Å². The molecule has 0 fully saturated rings. The summed E-state index contributed by atoms with van der Waals surface area (Å²) in [5, 5.41) is 7.00. The number of para-hydroxylation sites is 1. The van der Waals surface area contributed by atoms with Gasteiger partial charge in [-0.05, 0) is 66.6 Å². The van der Waals surface area contributed by atoms with Crippen LogP contribution in [-0.2, 0) is 19.6 Å². The molecule has 11 heteroatoms. The quantitative estimate of drug-likeness (QED) is 0.308. The summed E-state index contributed by atoms with van der Waals surface area (Å²) < 4.78 is 30.8. The Kier molecular flexibility index (Phi) is 9.04. The molecule has 0 aliphatic rings. The van der Waals surface area contributed by atoms with Gasteiger partial charge < -0.3 is 10.1 Å². The van der Waals surface area contributed by atoms with Crippen LogP contribution in [0.3, 0.4) is 0 Å². The SMILES string of the molecule is Cc1ccc(N(CC(=O)N/N=C\c2ccc(OCC(=O)Nc3ccccc3)cc2)S(C)(=O)=O)cc1Cl. The summed E-state index contributed by atoms with van der Waals surface area (Å²) in [7, 11) is -3.73. The van der Waals surface area contributed by atoms with Gasteiger partial charge in [-0.15, -0.1) is 0 Å². The Labute approximate surface area is 214 Å². The highest BCUT2D eigenvalue weighted by Crippen LogP contribution is 2.24. The summed E-state index contributed by atoms with van der Waals surface area (Å²) in [6, 6.07) is 20.5. The zero-order valence-corrected chi connectivity index (χ0v) is 21.2. The fraction of sp³-hybridized carbons (Fsp3) is 0.160. The lowest BCUT2D eigenvalue weighted by Gasteiger charge is -2.21. The molecule has 0 aliphatic heterocycles. The minimum Gasteiger partial charge on any atom is -0.484 e. The first-order valence-corrected chi connectivity index (χ1v) is 13.0. The van der Waals surface area contributed by atoms with E-state index in [2.05, 4.69) is 15.8 Å². The van der Waals surface area contributed by atoms with Crippen molar-refractivity contribution in [3.8, 4) is 5.75 Å². The predicted octanol–water partition coefficient (Wildman–Crippen LogP) is 3.58. The smallest absolute Gasteiger partial charge is 0.262 e. The van der Waals surface area contributed by atoms with Crippen LogP contribution < -0.4 is 19.8 Å². The Morgan fingerprint density at radius 2 is 1.72 bits per heavy atom. The Balaban J connectivity index is 1.51. The molecule has 0 aromatic heterocycles. The zero-order chi connectivity index (χ0) is 26.1. The van der Waals surface area contributed by atoms with Gasteiger partial charge in [-0.25, -0.2) is 13.8 Å². The van der Waals surface area contributed by atoms with Crippen molar-refractivity contribution in [2.24, 2.45) is 5.10 Å². The van der Waals surface area contributed by atoms with Gasteiger partial charge in [0.05, 0.1) is 18.2 Å². The number of carbonyl (C=O) groups excluding carboxylic acids is 2. The maximum atomic E-state index is 12.3. The van der Waals surface area contributed by atoms with Gasteiger partial charge in [0.2, 0.25) is 10.0 Å². The number of hydrogen-bond acceptors (Lipinski definition) is 6. The van der Waals surface area contributed by atoms with E-state index in [9.17, 15) is 18.0 Å². The Morgan fingerprint density at radius 3 is 2.36 bits per heavy atom. The number of nitrogens with zero attached hydrogens (tertiary/aromatic N) is 2. The normalized spacial score (nSPS) is 11.2. The second-order valence-corrected chi connectivity index (χ2v) is 10.1. The molecule has 0 saturated carbocycles. The van der Waals surface area contributed by atoms with E-state index in [1.54, 1.807) is 55.5 Å². The van der Waals surface area contributed by atoms with Crippen molar-refractivity contribution in [1.29, 1.82) is 0 Å². The van der Waals surface area contributed by atoms with Gasteiger partial charge in [-0.1, -0.05) is 35.9 Å². The third-order valence-electron chi connectivity index (χ3n) is 4.84. The van der Waals surface area contributed by atoms with E-state index in [-0.39, 0.29) is 18.2 Å². The number of halogens is 1. The third kappa shape index (κ3) is 8.10. The van der Waals surface area contributed by atoms with Crippen LogP contribution in [0.4, 0.5) is 11.4 Å². The minimum atomic E-state index is -3.73. The molecule has 9 nitrogen and oxygen atoms in total. The number of carbonyl (C=O) groups is 2. The average molecular weight is 529 g/mol. The van der Waals surface area contributed by atoms with E-state index in [0.717, 1.165) is 16.1 Å². The van der Waals surface area contributed by atoms with Crippen molar-refractivity contribution in [2.75, 3.05) is 29.0 Å². The van der Waals surface area contributed by atoms with Crippen LogP contribution in [-0.4, -0.2) is 45.9 Å². The monoisotopic (exact) mass is 528 g/mol. The topological polar surface area (TPSA) is 117 Å². The molecule has 0 aliphatic carbocycles. The highest BCUT2D eigenvalue weighted by molar-refractivity contribution is 7.92. The molecule has 0 atom stereocenters. The Morgan fingerprint density at radius 1 is 1.03 bits per heavy atom. The number of aryl methyl sites for hydroxylation is 1. The number of hydrazone groups is 1. The Hall–Kier alpha value is -3.89. The van der Waals surface area contributed by atoms with Gasteiger partial charge in [0, 0.05) is 10.7 Å². The number of nitrogens with one attached hydrogen (secondary N) is 2. The highest BCUT2D eigenvalue weighted by atomic mass is 35.5. The van der Waals surface area contributed by atoms with Gasteiger partial charge in [-0.2, -0.15) is 5.10 Å². The van der Waals surface area contributed by atoms with Gasteiger partial charge in [0.1, 0.15) is 12.3 Å². The molecular weight excluding hydrogens is 504 g/mol. The molecule has 0 saturated heterocycles. The molecule has 188 valence electrons. The summed E-state index contributed by atoms with van der Waals surface area (Å²) in [6.07, 6.45) is 2.41. The summed E-state index contributed by atoms with van der Waals surface area (Å²) in [5.41, 5.74) is 4.72. The molecule has 36 heavy (non-hydrogen) atoms. The summed E-state index contributed by atoms with van der Waals surface area (Å²) in [5.74, 6) is -0.427. The highest BCUT2D eigenvalue weighted by Gasteiger charge is 2.21. The molecule has 2 N–H and O–H groups in total. The van der Waals surface area contributed by atoms with E-state index < -0.39 is 22.5 Å². The third-order valence-corrected chi connectivity index (χ3v) is 6.39. The zero-order valence-electron chi connectivity index (χ0n) is 19.6. The molecule has 2 amide bonds. The number of rotatable bonds is 10. The molecule has 0 radical (unpaired) electrons. The van der Waals surface area contributed by atoms with Crippen LogP contribution >= 0.6 is 11.6 Å². The summed E-state index contributed by atoms with van der Waals surface area (Å²) in [4.78, 5) is 24.3. The lowest BCUT2D eigenvalue weighted by atomic mass is 10.2. The van der Waals surface area contributed by atoms with Gasteiger partial charge in [-0.3, -0.25) is 13.9 Å². The maximum absolute atomic E-state index is 12.3. The number of benzene rings is 3. The fourth-order valence-electron chi connectivity index (χ4n) is 3.00. The second-order valence-electron chi connectivity index (χ2n) is 7.77. The number of ether oxygens (including phenoxy) is 1. The molecule has 3 aromatic rings. The van der Waals surface area contributed by atoms with Crippen LogP contribution in [0.2, 0.25) is 5.02 Å². The largest absolute Gasteiger partial charge is 0.484 e. The van der Waals surface area contributed by atoms with Crippen LogP contribution in [0.25, 0.3) is 0 Å². The standard InChI is InChI=1S/C25H25ClN4O5S/c1-18-8-11-21(14-23(18)26)30(36(2,33)34)16-24(31)29-27-15-19-9-12-22(13-10-19)35-17-25(32)28-20-6-4-3-5-7-20/h3-15H,16-17H2,1-2H3,(H,28,32)(H,29,31)/b27-15-. The van der Waals surface area contributed by atoms with Crippen molar-refractivity contribution < 1.29 is 22.7 Å². The Bertz CT molecular complexity index is 1350. The minimum absolute atomic E-state index is 0.151.